The van der Waals surface area contributed by atoms with Gasteiger partial charge in [-0.1, -0.05) is 36.4 Å². The minimum absolute atomic E-state index is 0.353. The van der Waals surface area contributed by atoms with Crippen molar-refractivity contribution in [3.63, 3.8) is 0 Å². The van der Waals surface area contributed by atoms with E-state index in [2.05, 4.69) is 31.7 Å². The molecule has 0 radical (unpaired) electrons. The standard InChI is InChI=1S/C32H30N6O6/c39-31(35-25-7-3-1-4-8-25)37-33-21-23-11-15-27(16-12-23)43-29-30(42-20-19-41-29)44-28-17-13-24(14-18-28)22-34-38-32(40)36-26-9-5-2-6-10-26/h1-18,21-22,29-30H,19-20H2,(H2,35,37,39)(H2,36,38,40)/b33-21-,34-22-/t29-,30-/m1/s1. The van der Waals surface area contributed by atoms with E-state index in [1.807, 2.05) is 36.4 Å². The number of ether oxygens (including phenoxy) is 4. The molecule has 0 bridgehead atoms. The van der Waals surface area contributed by atoms with Gasteiger partial charge in [-0.05, 0) is 83.9 Å². The number of carbonyl (C=O) groups is 2. The summed E-state index contributed by atoms with van der Waals surface area (Å²) in [5, 5.41) is 13.3. The number of nitrogens with zero attached hydrogens (tertiary/aromatic N) is 2. The lowest BCUT2D eigenvalue weighted by molar-refractivity contribution is -0.271. The fourth-order valence-corrected chi connectivity index (χ4v) is 3.89. The predicted molar refractivity (Wildman–Crippen MR) is 166 cm³/mol. The molecule has 0 saturated carbocycles. The van der Waals surface area contributed by atoms with Gasteiger partial charge in [-0.25, -0.2) is 20.4 Å². The van der Waals surface area contributed by atoms with Gasteiger partial charge in [0.25, 0.3) is 12.6 Å². The summed E-state index contributed by atoms with van der Waals surface area (Å²) in [5.41, 5.74) is 7.68. The molecule has 4 amide bonds. The van der Waals surface area contributed by atoms with Crippen molar-refractivity contribution in [1.82, 2.24) is 10.9 Å². The van der Waals surface area contributed by atoms with Gasteiger partial charge in [-0.2, -0.15) is 10.2 Å². The van der Waals surface area contributed by atoms with Gasteiger partial charge < -0.3 is 29.6 Å². The Morgan fingerprint density at radius 1 is 0.591 bits per heavy atom. The molecule has 0 aromatic heterocycles. The molecule has 4 aromatic rings. The summed E-state index contributed by atoms with van der Waals surface area (Å²) in [5.74, 6) is 1.08. The van der Waals surface area contributed by atoms with Crippen LogP contribution in [0.25, 0.3) is 0 Å². The van der Waals surface area contributed by atoms with Crippen molar-refractivity contribution in [3.05, 3.63) is 120 Å². The zero-order valence-electron chi connectivity index (χ0n) is 23.5. The third kappa shape index (κ3) is 9.41. The zero-order chi connectivity index (χ0) is 30.4. The number of para-hydroxylation sites is 2. The van der Waals surface area contributed by atoms with Gasteiger partial charge in [0.2, 0.25) is 0 Å². The molecule has 4 N–H and O–H groups in total. The third-order valence-electron chi connectivity index (χ3n) is 5.96. The minimum atomic E-state index is -0.805. The van der Waals surface area contributed by atoms with Gasteiger partial charge in [-0.3, -0.25) is 0 Å². The second-order valence-electron chi connectivity index (χ2n) is 9.23. The molecule has 12 heteroatoms. The molecule has 1 aliphatic heterocycles. The van der Waals surface area contributed by atoms with E-state index in [9.17, 15) is 9.59 Å². The van der Waals surface area contributed by atoms with E-state index in [0.29, 0.717) is 36.1 Å². The highest BCUT2D eigenvalue weighted by Gasteiger charge is 2.31. The van der Waals surface area contributed by atoms with Crippen molar-refractivity contribution in [1.29, 1.82) is 0 Å². The average molecular weight is 595 g/mol. The van der Waals surface area contributed by atoms with E-state index in [1.54, 1.807) is 72.8 Å². The summed E-state index contributed by atoms with van der Waals surface area (Å²) >= 11 is 0. The van der Waals surface area contributed by atoms with Crippen molar-refractivity contribution in [2.75, 3.05) is 23.8 Å². The molecular weight excluding hydrogens is 564 g/mol. The van der Waals surface area contributed by atoms with Gasteiger partial charge in [0.15, 0.2) is 0 Å². The quantitative estimate of drug-likeness (QED) is 0.148. The Bertz CT molecular complexity index is 1430. The molecule has 2 atom stereocenters. The van der Waals surface area contributed by atoms with E-state index >= 15 is 0 Å². The highest BCUT2D eigenvalue weighted by Crippen LogP contribution is 2.22. The Hall–Kier alpha value is -5.72. The van der Waals surface area contributed by atoms with Crippen LogP contribution in [0.4, 0.5) is 21.0 Å². The molecule has 0 unspecified atom stereocenters. The van der Waals surface area contributed by atoms with Crippen LogP contribution in [-0.4, -0.2) is 50.3 Å². The molecule has 5 rings (SSSR count). The number of amides is 4. The first-order valence-corrected chi connectivity index (χ1v) is 13.7. The molecule has 44 heavy (non-hydrogen) atoms. The Labute approximate surface area is 253 Å². The molecule has 0 spiro atoms. The zero-order valence-corrected chi connectivity index (χ0v) is 23.5. The van der Waals surface area contributed by atoms with Crippen LogP contribution in [0.3, 0.4) is 0 Å². The number of rotatable bonds is 10. The topological polar surface area (TPSA) is 144 Å². The van der Waals surface area contributed by atoms with Crippen LogP contribution in [0.15, 0.2) is 119 Å². The number of hydrogen-bond acceptors (Lipinski definition) is 8. The van der Waals surface area contributed by atoms with Gasteiger partial charge in [-0.15, -0.1) is 0 Å². The van der Waals surface area contributed by atoms with E-state index in [-0.39, 0.29) is 0 Å². The number of hydrogen-bond donors (Lipinski definition) is 4. The number of hydrazone groups is 2. The second-order valence-corrected chi connectivity index (χ2v) is 9.23. The highest BCUT2D eigenvalue weighted by molar-refractivity contribution is 5.91. The van der Waals surface area contributed by atoms with Gasteiger partial charge in [0.05, 0.1) is 25.6 Å². The molecule has 1 aliphatic rings. The molecule has 4 aromatic carbocycles. The maximum Gasteiger partial charge on any atom is 0.339 e. The summed E-state index contributed by atoms with van der Waals surface area (Å²) in [6.07, 6.45) is 1.43. The molecule has 12 nitrogen and oxygen atoms in total. The molecule has 1 heterocycles. The molecule has 1 fully saturated rings. The van der Waals surface area contributed by atoms with Gasteiger partial charge >= 0.3 is 12.1 Å². The Morgan fingerprint density at radius 2 is 0.977 bits per heavy atom. The van der Waals surface area contributed by atoms with Crippen LogP contribution in [0, 0.1) is 0 Å². The van der Waals surface area contributed by atoms with Crippen molar-refractivity contribution >= 4 is 35.9 Å². The smallest absolute Gasteiger partial charge is 0.339 e. The summed E-state index contributed by atoms with van der Waals surface area (Å²) in [4.78, 5) is 23.9. The lowest BCUT2D eigenvalue weighted by Gasteiger charge is -2.31. The fourth-order valence-electron chi connectivity index (χ4n) is 3.89. The second kappa shape index (κ2) is 15.5. The lowest BCUT2D eigenvalue weighted by atomic mass is 10.2. The monoisotopic (exact) mass is 594 g/mol. The number of nitrogens with one attached hydrogen (secondary N) is 4. The molecule has 224 valence electrons. The lowest BCUT2D eigenvalue weighted by Crippen LogP contribution is -2.45. The first-order chi connectivity index (χ1) is 21.6. The van der Waals surface area contributed by atoms with Crippen molar-refractivity contribution in [3.8, 4) is 11.5 Å². The van der Waals surface area contributed by atoms with E-state index in [0.717, 1.165) is 11.1 Å². The van der Waals surface area contributed by atoms with Crippen molar-refractivity contribution < 1.29 is 28.5 Å². The van der Waals surface area contributed by atoms with Crippen LogP contribution < -0.4 is 31.0 Å². The minimum Gasteiger partial charge on any atom is -0.458 e. The third-order valence-corrected chi connectivity index (χ3v) is 5.96. The number of benzene rings is 4. The molecular formula is C32H30N6O6. The SMILES string of the molecule is O=C(N/N=C\c1ccc(O[C@H]2OCCO[C@@H]2Oc2ccc(/C=N\NC(=O)Nc3ccccc3)cc2)cc1)Nc1ccccc1. The Kier molecular flexibility index (Phi) is 10.5. The maximum atomic E-state index is 12.0. The van der Waals surface area contributed by atoms with Crippen molar-refractivity contribution in [2.24, 2.45) is 10.2 Å². The van der Waals surface area contributed by atoms with Crippen LogP contribution >= 0.6 is 0 Å². The maximum absolute atomic E-state index is 12.0. The summed E-state index contributed by atoms with van der Waals surface area (Å²) in [6, 6.07) is 31.4. The van der Waals surface area contributed by atoms with Crippen LogP contribution in [-0.2, 0) is 9.47 Å². The first-order valence-electron chi connectivity index (χ1n) is 13.7. The number of anilines is 2. The van der Waals surface area contributed by atoms with E-state index in [4.69, 9.17) is 18.9 Å². The largest absolute Gasteiger partial charge is 0.458 e. The summed E-state index contributed by atoms with van der Waals surface area (Å²) < 4.78 is 23.5. The summed E-state index contributed by atoms with van der Waals surface area (Å²) in [6.45, 7) is 0.707. The van der Waals surface area contributed by atoms with Crippen LogP contribution in [0.1, 0.15) is 11.1 Å². The fraction of sp³-hybridized carbons (Fsp3) is 0.125. The normalized spacial score (nSPS) is 16.3. The van der Waals surface area contributed by atoms with Crippen LogP contribution in [0.5, 0.6) is 11.5 Å². The summed E-state index contributed by atoms with van der Waals surface area (Å²) in [7, 11) is 0. The molecule has 0 aliphatic carbocycles. The Morgan fingerprint density at radius 3 is 1.36 bits per heavy atom. The van der Waals surface area contributed by atoms with Gasteiger partial charge in [0, 0.05) is 11.4 Å². The van der Waals surface area contributed by atoms with Crippen LogP contribution in [0.2, 0.25) is 0 Å². The van der Waals surface area contributed by atoms with E-state index in [1.165, 1.54) is 12.4 Å². The van der Waals surface area contributed by atoms with E-state index < -0.39 is 24.6 Å². The predicted octanol–water partition coefficient (Wildman–Crippen LogP) is 5.15. The van der Waals surface area contributed by atoms with Gasteiger partial charge in [0.1, 0.15) is 11.5 Å². The number of carbonyl (C=O) groups excluding carboxylic acids is 2. The highest BCUT2D eigenvalue weighted by atomic mass is 16.8. The van der Waals surface area contributed by atoms with Crippen molar-refractivity contribution in [2.45, 2.75) is 12.6 Å². The number of urea groups is 2. The Balaban J connectivity index is 1.08. The average Bonchev–Trinajstić information content (AvgIpc) is 3.04. The molecule has 1 saturated heterocycles. The first kappa shape index (κ1) is 29.8.